The van der Waals surface area contributed by atoms with Gasteiger partial charge in [0.25, 0.3) is 0 Å². The number of hydrogen-bond donors (Lipinski definition) is 2. The largest absolute Gasteiger partial charge is 0.359 e. The number of nitrogens with zero attached hydrogens (tertiary/aromatic N) is 4. The Morgan fingerprint density at radius 1 is 1.16 bits per heavy atom. The van der Waals surface area contributed by atoms with Crippen molar-refractivity contribution < 1.29 is 8.78 Å². The second kappa shape index (κ2) is 11.6. The highest BCUT2D eigenvalue weighted by atomic mass is 19.1. The first-order chi connectivity index (χ1) is 18.2. The number of alkyl halides is 2. The molecule has 0 amide bonds. The predicted molar refractivity (Wildman–Crippen MR) is 155 cm³/mol. The van der Waals surface area contributed by atoms with E-state index in [1.165, 1.54) is 16.5 Å². The average Bonchev–Trinajstić information content (AvgIpc) is 3.53. The Kier molecular flexibility index (Phi) is 8.51. The number of benzene rings is 1. The van der Waals surface area contributed by atoms with Crippen molar-refractivity contribution in [2.75, 3.05) is 56.7 Å². The number of anilines is 2. The minimum Gasteiger partial charge on any atom is -0.359 e. The summed E-state index contributed by atoms with van der Waals surface area (Å²) in [4.78, 5) is 17.4. The van der Waals surface area contributed by atoms with E-state index < -0.39 is 5.67 Å². The Labute approximate surface area is 224 Å². The van der Waals surface area contributed by atoms with E-state index in [4.69, 9.17) is 9.98 Å². The summed E-state index contributed by atoms with van der Waals surface area (Å²) < 4.78 is 23.5. The number of pyridine rings is 1. The van der Waals surface area contributed by atoms with Gasteiger partial charge in [-0.1, -0.05) is 18.2 Å². The van der Waals surface area contributed by atoms with Crippen LogP contribution in [-0.4, -0.2) is 72.7 Å². The van der Waals surface area contributed by atoms with E-state index in [9.17, 15) is 8.78 Å². The third-order valence-electron chi connectivity index (χ3n) is 7.24. The highest BCUT2D eigenvalue weighted by Crippen LogP contribution is 2.31. The number of aromatic amines is 1. The summed E-state index contributed by atoms with van der Waals surface area (Å²) in [5.41, 5.74) is 6.73. The highest BCUT2D eigenvalue weighted by Gasteiger charge is 2.26. The van der Waals surface area contributed by atoms with Crippen molar-refractivity contribution >= 4 is 28.1 Å². The normalized spacial score (nSPS) is 18.2. The van der Waals surface area contributed by atoms with Gasteiger partial charge in [0.05, 0.1) is 18.4 Å². The number of nitrogens with one attached hydrogen (secondary N) is 2. The Morgan fingerprint density at radius 2 is 1.89 bits per heavy atom. The summed E-state index contributed by atoms with van der Waals surface area (Å²) in [6, 6.07) is 8.62. The zero-order valence-electron chi connectivity index (χ0n) is 23.2. The van der Waals surface area contributed by atoms with Crippen molar-refractivity contribution in [3.8, 4) is 0 Å². The van der Waals surface area contributed by atoms with Crippen LogP contribution in [0, 0.1) is 19.8 Å². The monoisotopic (exact) mass is 522 g/mol. The summed E-state index contributed by atoms with van der Waals surface area (Å²) in [6.07, 6.45) is 4.82. The summed E-state index contributed by atoms with van der Waals surface area (Å²) in [7, 11) is 0.500. The first kappa shape index (κ1) is 27.8. The number of rotatable bonds is 7. The minimum atomic E-state index is -1.16. The Hall–Kier alpha value is -3.26. The number of aryl methyl sites for hydroxylation is 2. The van der Waals surface area contributed by atoms with E-state index in [0.29, 0.717) is 13.7 Å². The van der Waals surface area contributed by atoms with Gasteiger partial charge in [0.15, 0.2) is 0 Å². The molecule has 2 aromatic heterocycles. The van der Waals surface area contributed by atoms with Gasteiger partial charge in [0.1, 0.15) is 11.5 Å². The predicted octanol–water partition coefficient (Wildman–Crippen LogP) is 6.07. The van der Waals surface area contributed by atoms with E-state index in [1.807, 2.05) is 12.4 Å². The molecule has 0 bridgehead atoms. The maximum atomic E-state index is 14.0. The molecule has 5 rings (SSSR count). The zero-order valence-corrected chi connectivity index (χ0v) is 23.2. The van der Waals surface area contributed by atoms with Crippen LogP contribution in [-0.2, 0) is 0 Å². The minimum absolute atomic E-state index is 0.253. The maximum Gasteiger partial charge on any atom is 0.128 e. The Morgan fingerprint density at radius 3 is 2.55 bits per heavy atom. The quantitative estimate of drug-likeness (QED) is 0.395. The Balaban J connectivity index is 0.00000164. The van der Waals surface area contributed by atoms with Crippen LogP contribution in [0.25, 0.3) is 10.9 Å². The van der Waals surface area contributed by atoms with Crippen LogP contribution in [0.1, 0.15) is 37.0 Å². The Bertz CT molecular complexity index is 1280. The molecule has 204 valence electrons. The van der Waals surface area contributed by atoms with Gasteiger partial charge in [-0.3, -0.25) is 14.3 Å². The summed E-state index contributed by atoms with van der Waals surface area (Å²) in [5.74, 6) is 1.23. The van der Waals surface area contributed by atoms with Crippen molar-refractivity contribution in [3.05, 3.63) is 65.6 Å². The lowest BCUT2D eigenvalue weighted by Gasteiger charge is -2.37. The molecule has 2 aliphatic heterocycles. The van der Waals surface area contributed by atoms with Crippen LogP contribution in [0.15, 0.2) is 53.9 Å². The van der Waals surface area contributed by atoms with Gasteiger partial charge < -0.3 is 15.2 Å². The van der Waals surface area contributed by atoms with Crippen LogP contribution in [0.3, 0.4) is 0 Å². The molecule has 1 aromatic carbocycles. The lowest BCUT2D eigenvalue weighted by Crippen LogP contribution is -2.49. The molecule has 1 fully saturated rings. The van der Waals surface area contributed by atoms with Gasteiger partial charge in [-0.05, 0) is 57.9 Å². The van der Waals surface area contributed by atoms with Crippen molar-refractivity contribution in [3.63, 3.8) is 0 Å². The molecule has 1 atom stereocenters. The van der Waals surface area contributed by atoms with Crippen LogP contribution in [0.2, 0.25) is 0 Å². The summed E-state index contributed by atoms with van der Waals surface area (Å²) in [5, 5.41) is 4.75. The molecule has 2 aliphatic rings. The third kappa shape index (κ3) is 6.41. The van der Waals surface area contributed by atoms with Gasteiger partial charge in [0.2, 0.25) is 0 Å². The van der Waals surface area contributed by atoms with Crippen LogP contribution < -0.4 is 10.2 Å². The summed E-state index contributed by atoms with van der Waals surface area (Å²) in [6.45, 7) is 16.6. The van der Waals surface area contributed by atoms with Crippen LogP contribution >= 0.6 is 0 Å². The average molecular weight is 523 g/mol. The van der Waals surface area contributed by atoms with Gasteiger partial charge in [0, 0.05) is 79.9 Å². The molecular formula is C30H40F2N6. The molecule has 3 aromatic rings. The first-order valence-corrected chi connectivity index (χ1v) is 13.2. The van der Waals surface area contributed by atoms with E-state index in [0.717, 1.165) is 73.1 Å². The molecule has 2 N–H and O–H groups in total. The number of aliphatic imine (C=N–C) groups is 1. The van der Waals surface area contributed by atoms with E-state index in [-0.39, 0.29) is 5.92 Å². The molecule has 0 aliphatic carbocycles. The lowest BCUT2D eigenvalue weighted by molar-refractivity contribution is 0.121. The number of halogens is 2. The fourth-order valence-electron chi connectivity index (χ4n) is 5.41. The molecule has 0 spiro atoms. The molecule has 38 heavy (non-hydrogen) atoms. The summed E-state index contributed by atoms with van der Waals surface area (Å²) >= 11 is 0. The highest BCUT2D eigenvalue weighted by molar-refractivity contribution is 6.02. The smallest absolute Gasteiger partial charge is 0.128 e. The molecule has 6 nitrogen and oxygen atoms in total. The fourth-order valence-corrected chi connectivity index (χ4v) is 5.41. The molecule has 0 radical (unpaired) electrons. The molecule has 1 saturated heterocycles. The van der Waals surface area contributed by atoms with Crippen LogP contribution in [0.5, 0.6) is 0 Å². The van der Waals surface area contributed by atoms with Gasteiger partial charge in [-0.25, -0.2) is 9.37 Å². The zero-order chi connectivity index (χ0) is 27.4. The van der Waals surface area contributed by atoms with Gasteiger partial charge in [-0.15, -0.1) is 0 Å². The second-order valence-corrected chi connectivity index (χ2v) is 10.9. The fraction of sp³-hybridized carbons (Fsp3) is 0.467. The first-order valence-electron chi connectivity index (χ1n) is 13.2. The number of fused-ring (bicyclic) bond motifs is 1. The van der Waals surface area contributed by atoms with E-state index in [1.54, 1.807) is 13.8 Å². The molecule has 1 unspecified atom stereocenters. The molecular weight excluding hydrogens is 482 g/mol. The van der Waals surface area contributed by atoms with Gasteiger partial charge in [-0.2, -0.15) is 0 Å². The van der Waals surface area contributed by atoms with Crippen molar-refractivity contribution in [1.29, 1.82) is 0 Å². The van der Waals surface area contributed by atoms with Crippen LogP contribution in [0.4, 0.5) is 20.3 Å². The third-order valence-corrected chi connectivity index (χ3v) is 7.24. The number of aromatic nitrogens is 2. The topological polar surface area (TPSA) is 59.6 Å². The van der Waals surface area contributed by atoms with Crippen molar-refractivity contribution in [2.24, 2.45) is 10.9 Å². The maximum absolute atomic E-state index is 14.0. The molecule has 4 heterocycles. The molecule has 0 saturated carbocycles. The number of hydrogen-bond acceptors (Lipinski definition) is 5. The van der Waals surface area contributed by atoms with Gasteiger partial charge >= 0.3 is 0 Å². The van der Waals surface area contributed by atoms with Crippen molar-refractivity contribution in [2.45, 2.75) is 39.8 Å². The SMILES string of the molecule is C=C(Nc1c[nH]c2c(C)cc(C)cc12)C1CN=C(c2ccc(N3CCN(CC(C)(C)F)CC3)nc2)C1.CF. The second-order valence-electron chi connectivity index (χ2n) is 10.9. The molecule has 8 heteroatoms. The lowest BCUT2D eigenvalue weighted by atomic mass is 9.99. The van der Waals surface area contributed by atoms with E-state index >= 15 is 0 Å². The van der Waals surface area contributed by atoms with E-state index in [2.05, 4.69) is 64.8 Å². The standard InChI is InChI=1S/C29H37FN6.CH3F/c1-19-12-20(2)28-24(13-19)26(17-33-28)34-21(3)23-14-25(31-16-23)22-6-7-27(32-15-22)36-10-8-35(9-11-36)18-29(4,5)30;1-2/h6-7,12-13,15,17,23,33-34H,3,8-11,14,16,18H2,1-2,4-5H3;1H3. The number of H-pyrrole nitrogens is 1. The van der Waals surface area contributed by atoms with Crippen molar-refractivity contribution in [1.82, 2.24) is 14.9 Å². The number of piperazine rings is 1.